The lowest BCUT2D eigenvalue weighted by Gasteiger charge is -2.28. The second kappa shape index (κ2) is 11.0. The van der Waals surface area contributed by atoms with Crippen LogP contribution in [0.5, 0.6) is 5.75 Å². The van der Waals surface area contributed by atoms with Crippen LogP contribution in [0.2, 0.25) is 0 Å². The SMILES string of the molecule is CCN(Cc1ccccc1)C(=O)CN(c1ccccc1OC)S(=O)c1ccc2ccccc2c1. The van der Waals surface area contributed by atoms with E-state index in [1.165, 1.54) is 0 Å². The van der Waals surface area contributed by atoms with Gasteiger partial charge in [0.05, 0.1) is 17.7 Å². The van der Waals surface area contributed by atoms with Gasteiger partial charge < -0.3 is 9.64 Å². The lowest BCUT2D eigenvalue weighted by atomic mass is 10.1. The number of hydrogen-bond donors (Lipinski definition) is 0. The van der Waals surface area contributed by atoms with Gasteiger partial charge in [-0.05, 0) is 47.5 Å². The van der Waals surface area contributed by atoms with E-state index in [2.05, 4.69) is 0 Å². The van der Waals surface area contributed by atoms with Crippen LogP contribution < -0.4 is 9.04 Å². The molecule has 5 nitrogen and oxygen atoms in total. The summed E-state index contributed by atoms with van der Waals surface area (Å²) in [5.41, 5.74) is 1.66. The minimum absolute atomic E-state index is 0.0412. The first kappa shape index (κ1) is 23.5. The summed E-state index contributed by atoms with van der Waals surface area (Å²) in [6.07, 6.45) is 0. The van der Waals surface area contributed by atoms with E-state index in [4.69, 9.17) is 4.74 Å². The molecule has 0 radical (unpaired) electrons. The van der Waals surface area contributed by atoms with Crippen molar-refractivity contribution in [1.29, 1.82) is 0 Å². The van der Waals surface area contributed by atoms with E-state index in [1.807, 2.05) is 104 Å². The number of fused-ring (bicyclic) bond motifs is 1. The van der Waals surface area contributed by atoms with E-state index < -0.39 is 11.0 Å². The normalized spacial score (nSPS) is 11.7. The molecule has 4 aromatic carbocycles. The summed E-state index contributed by atoms with van der Waals surface area (Å²) >= 11 is 0. The average Bonchev–Trinajstić information content (AvgIpc) is 2.90. The molecule has 4 aromatic rings. The first-order valence-electron chi connectivity index (χ1n) is 11.2. The molecule has 1 amide bonds. The van der Waals surface area contributed by atoms with Crippen LogP contribution in [0.4, 0.5) is 5.69 Å². The Bertz CT molecular complexity index is 1290. The van der Waals surface area contributed by atoms with Crippen molar-refractivity contribution in [1.82, 2.24) is 4.90 Å². The fourth-order valence-corrected chi connectivity index (χ4v) is 5.10. The van der Waals surface area contributed by atoms with E-state index >= 15 is 0 Å². The number of amides is 1. The molecule has 34 heavy (non-hydrogen) atoms. The highest BCUT2D eigenvalue weighted by molar-refractivity contribution is 7.86. The van der Waals surface area contributed by atoms with Gasteiger partial charge in [-0.2, -0.15) is 0 Å². The summed E-state index contributed by atoms with van der Waals surface area (Å²) in [6, 6.07) is 30.9. The molecule has 0 aromatic heterocycles. The van der Waals surface area contributed by atoms with Crippen LogP contribution in [0, 0.1) is 0 Å². The Kier molecular flexibility index (Phi) is 7.60. The van der Waals surface area contributed by atoms with Crippen molar-refractivity contribution in [2.24, 2.45) is 0 Å². The number of nitrogens with zero attached hydrogens (tertiary/aromatic N) is 2. The summed E-state index contributed by atoms with van der Waals surface area (Å²) < 4.78 is 21.0. The Hall–Kier alpha value is -3.64. The molecular formula is C28H28N2O3S. The molecule has 0 fully saturated rings. The topological polar surface area (TPSA) is 49.9 Å². The molecule has 0 aliphatic heterocycles. The Morgan fingerprint density at radius 1 is 0.853 bits per heavy atom. The Morgan fingerprint density at radius 2 is 1.53 bits per heavy atom. The monoisotopic (exact) mass is 472 g/mol. The highest BCUT2D eigenvalue weighted by Gasteiger charge is 2.25. The number of ether oxygens (including phenoxy) is 1. The number of methoxy groups -OCH3 is 1. The number of likely N-dealkylation sites (N-methyl/N-ethyl adjacent to an activating group) is 1. The zero-order valence-electron chi connectivity index (χ0n) is 19.4. The van der Waals surface area contributed by atoms with Crippen molar-refractivity contribution in [3.05, 3.63) is 103 Å². The molecule has 174 valence electrons. The van der Waals surface area contributed by atoms with Gasteiger partial charge in [-0.15, -0.1) is 0 Å². The molecule has 0 saturated heterocycles. The minimum atomic E-state index is -1.62. The highest BCUT2D eigenvalue weighted by Crippen LogP contribution is 2.31. The number of rotatable bonds is 9. The van der Waals surface area contributed by atoms with Crippen molar-refractivity contribution < 1.29 is 13.7 Å². The fraction of sp³-hybridized carbons (Fsp3) is 0.179. The number of benzene rings is 4. The maximum absolute atomic E-state index is 13.9. The Morgan fingerprint density at radius 3 is 2.26 bits per heavy atom. The Labute approximate surface area is 203 Å². The molecule has 0 aliphatic rings. The van der Waals surface area contributed by atoms with Crippen molar-refractivity contribution in [2.45, 2.75) is 18.4 Å². The first-order valence-corrected chi connectivity index (χ1v) is 12.3. The van der Waals surface area contributed by atoms with Gasteiger partial charge in [0.25, 0.3) is 0 Å². The standard InChI is InChI=1S/C28H28N2O3S/c1-3-29(20-22-11-5-4-6-12-22)28(31)21-30(26-15-9-10-16-27(26)33-2)34(32)25-18-17-23-13-7-8-14-24(23)19-25/h4-19H,3,20-21H2,1-2H3. The van der Waals surface area contributed by atoms with Crippen LogP contribution in [0.1, 0.15) is 12.5 Å². The van der Waals surface area contributed by atoms with Gasteiger partial charge in [0.2, 0.25) is 5.91 Å². The van der Waals surface area contributed by atoms with Crippen molar-refractivity contribution >= 4 is 33.4 Å². The molecule has 0 spiro atoms. The van der Waals surface area contributed by atoms with Gasteiger partial charge in [0.1, 0.15) is 12.3 Å². The maximum Gasteiger partial charge on any atom is 0.243 e. The molecule has 1 atom stereocenters. The molecule has 0 saturated carbocycles. The van der Waals surface area contributed by atoms with Crippen molar-refractivity contribution in [3.8, 4) is 5.75 Å². The summed E-state index contributed by atoms with van der Waals surface area (Å²) in [5, 5.41) is 2.07. The third-order valence-electron chi connectivity index (χ3n) is 5.71. The van der Waals surface area contributed by atoms with Crippen LogP contribution in [0.25, 0.3) is 10.8 Å². The van der Waals surface area contributed by atoms with Crippen LogP contribution in [0.3, 0.4) is 0 Å². The number of anilines is 1. The van der Waals surface area contributed by atoms with Crippen LogP contribution in [-0.4, -0.2) is 35.2 Å². The third kappa shape index (κ3) is 5.29. The predicted molar refractivity (Wildman–Crippen MR) is 138 cm³/mol. The molecule has 0 N–H and O–H groups in total. The first-order chi connectivity index (χ1) is 16.6. The van der Waals surface area contributed by atoms with Crippen LogP contribution >= 0.6 is 0 Å². The highest BCUT2D eigenvalue weighted by atomic mass is 32.2. The molecule has 0 aliphatic carbocycles. The largest absolute Gasteiger partial charge is 0.495 e. The number of carbonyl (C=O) groups is 1. The molecule has 6 heteroatoms. The zero-order valence-corrected chi connectivity index (χ0v) is 20.2. The summed E-state index contributed by atoms with van der Waals surface area (Å²) in [7, 11) is -0.0449. The van der Waals surface area contributed by atoms with Gasteiger partial charge in [-0.3, -0.25) is 9.10 Å². The van der Waals surface area contributed by atoms with Crippen LogP contribution in [0.15, 0.2) is 102 Å². The smallest absolute Gasteiger partial charge is 0.243 e. The minimum Gasteiger partial charge on any atom is -0.495 e. The second-order valence-electron chi connectivity index (χ2n) is 7.86. The second-order valence-corrected chi connectivity index (χ2v) is 9.27. The zero-order chi connectivity index (χ0) is 23.9. The number of carbonyl (C=O) groups excluding carboxylic acids is 1. The van der Waals surface area contributed by atoms with Crippen molar-refractivity contribution in [3.63, 3.8) is 0 Å². The molecule has 0 heterocycles. The number of para-hydroxylation sites is 2. The van der Waals surface area contributed by atoms with Gasteiger partial charge in [0.15, 0.2) is 11.0 Å². The fourth-order valence-electron chi connectivity index (χ4n) is 3.88. The predicted octanol–water partition coefficient (Wildman–Crippen LogP) is 5.43. The van der Waals surface area contributed by atoms with E-state index in [0.717, 1.165) is 16.3 Å². The third-order valence-corrected chi connectivity index (χ3v) is 7.09. The Balaban J connectivity index is 1.67. The molecule has 0 bridgehead atoms. The summed E-state index contributed by atoms with van der Waals surface area (Å²) in [4.78, 5) is 15.8. The summed E-state index contributed by atoms with van der Waals surface area (Å²) in [5.74, 6) is 0.460. The average molecular weight is 473 g/mol. The van der Waals surface area contributed by atoms with Gasteiger partial charge in [-0.25, -0.2) is 4.21 Å². The maximum atomic E-state index is 13.9. The van der Waals surface area contributed by atoms with Crippen molar-refractivity contribution in [2.75, 3.05) is 24.5 Å². The van der Waals surface area contributed by atoms with E-state index in [9.17, 15) is 9.00 Å². The lowest BCUT2D eigenvalue weighted by molar-refractivity contribution is -0.129. The van der Waals surface area contributed by atoms with Gasteiger partial charge in [0, 0.05) is 13.1 Å². The molecular weight excluding hydrogens is 444 g/mol. The quantitative estimate of drug-likeness (QED) is 0.327. The van der Waals surface area contributed by atoms with E-state index in [0.29, 0.717) is 29.4 Å². The lowest BCUT2D eigenvalue weighted by Crippen LogP contribution is -2.41. The molecule has 4 rings (SSSR count). The van der Waals surface area contributed by atoms with Crippen LogP contribution in [-0.2, 0) is 22.3 Å². The van der Waals surface area contributed by atoms with E-state index in [-0.39, 0.29) is 12.5 Å². The molecule has 1 unspecified atom stereocenters. The van der Waals surface area contributed by atoms with Gasteiger partial charge in [-0.1, -0.05) is 72.8 Å². The number of hydrogen-bond acceptors (Lipinski definition) is 3. The summed E-state index contributed by atoms with van der Waals surface area (Å²) in [6.45, 7) is 2.96. The van der Waals surface area contributed by atoms with E-state index in [1.54, 1.807) is 16.3 Å². The van der Waals surface area contributed by atoms with Gasteiger partial charge >= 0.3 is 0 Å².